The number of hydrogen-bond donors (Lipinski definition) is 1. The molecule has 2 unspecified atom stereocenters. The van der Waals surface area contributed by atoms with Crippen LogP contribution in [0.2, 0.25) is 0 Å². The van der Waals surface area contributed by atoms with Crippen molar-refractivity contribution in [3.8, 4) is 0 Å². The van der Waals surface area contributed by atoms with Gasteiger partial charge < -0.3 is 14.5 Å². The van der Waals surface area contributed by atoms with E-state index in [1.54, 1.807) is 4.90 Å². The molecular weight excluding hydrogens is 370 g/mol. The summed E-state index contributed by atoms with van der Waals surface area (Å²) in [7, 11) is 0. The first kappa shape index (κ1) is 19.6. The molecule has 0 bridgehead atoms. The van der Waals surface area contributed by atoms with Crippen LogP contribution in [0.1, 0.15) is 32.3 Å². The van der Waals surface area contributed by atoms with Gasteiger partial charge in [-0.2, -0.15) is 0 Å². The standard InChI is InChI=1S/C22H27N3O4/c1-15(2)18-20(27)25(14-16-6-4-3-5-7-16)22(23-18)9-11-24(12-10-22)21(28)19-17(26)8-13-29-19/h3-8,13,15,18-19,23H,9-12,14H2,1-2H3. The number of rotatable bonds is 4. The van der Waals surface area contributed by atoms with E-state index in [1.807, 2.05) is 49.1 Å². The summed E-state index contributed by atoms with van der Waals surface area (Å²) < 4.78 is 5.16. The highest BCUT2D eigenvalue weighted by atomic mass is 16.5. The van der Waals surface area contributed by atoms with Gasteiger partial charge >= 0.3 is 0 Å². The molecule has 3 aliphatic rings. The lowest BCUT2D eigenvalue weighted by atomic mass is 9.94. The molecule has 1 aromatic rings. The molecule has 1 aromatic carbocycles. The van der Waals surface area contributed by atoms with Crippen LogP contribution in [-0.4, -0.2) is 58.3 Å². The minimum absolute atomic E-state index is 0.113. The Balaban J connectivity index is 1.51. The number of likely N-dealkylation sites (tertiary alicyclic amines) is 1. The van der Waals surface area contributed by atoms with Crippen molar-refractivity contribution >= 4 is 17.6 Å². The summed E-state index contributed by atoms with van der Waals surface area (Å²) in [5.41, 5.74) is 0.609. The molecular formula is C22H27N3O4. The van der Waals surface area contributed by atoms with Gasteiger partial charge in [-0.3, -0.25) is 19.7 Å². The van der Waals surface area contributed by atoms with Gasteiger partial charge in [0.05, 0.1) is 18.0 Å². The molecule has 7 heteroatoms. The second-order valence-corrected chi connectivity index (χ2v) is 8.35. The third kappa shape index (κ3) is 3.55. The van der Waals surface area contributed by atoms with Crippen molar-refractivity contribution in [3.63, 3.8) is 0 Å². The molecule has 154 valence electrons. The molecule has 3 aliphatic heterocycles. The van der Waals surface area contributed by atoms with Crippen LogP contribution in [0.4, 0.5) is 0 Å². The number of ether oxygens (including phenoxy) is 1. The van der Waals surface area contributed by atoms with Crippen LogP contribution in [0.3, 0.4) is 0 Å². The summed E-state index contributed by atoms with van der Waals surface area (Å²) in [5.74, 6) is -0.318. The number of piperidine rings is 1. The van der Waals surface area contributed by atoms with Crippen LogP contribution in [0.15, 0.2) is 42.7 Å². The number of nitrogens with one attached hydrogen (secondary N) is 1. The van der Waals surface area contributed by atoms with Crippen molar-refractivity contribution in [3.05, 3.63) is 48.2 Å². The molecule has 0 radical (unpaired) electrons. The molecule has 4 rings (SSSR count). The van der Waals surface area contributed by atoms with Gasteiger partial charge in [0.25, 0.3) is 5.91 Å². The Morgan fingerprint density at radius 2 is 1.90 bits per heavy atom. The molecule has 29 heavy (non-hydrogen) atoms. The van der Waals surface area contributed by atoms with Crippen molar-refractivity contribution in [1.29, 1.82) is 0 Å². The van der Waals surface area contributed by atoms with Crippen molar-refractivity contribution < 1.29 is 19.1 Å². The second kappa shape index (κ2) is 7.63. The number of nitrogens with zero attached hydrogens (tertiary/aromatic N) is 2. The van der Waals surface area contributed by atoms with Crippen LogP contribution < -0.4 is 5.32 Å². The van der Waals surface area contributed by atoms with E-state index in [1.165, 1.54) is 12.3 Å². The highest BCUT2D eigenvalue weighted by Gasteiger charge is 2.52. The summed E-state index contributed by atoms with van der Waals surface area (Å²) in [5, 5.41) is 3.59. The molecule has 1 N–H and O–H groups in total. The molecule has 0 aromatic heterocycles. The van der Waals surface area contributed by atoms with Gasteiger partial charge in [0, 0.05) is 38.6 Å². The Labute approximate surface area is 170 Å². The van der Waals surface area contributed by atoms with Crippen LogP contribution in [0.5, 0.6) is 0 Å². The molecule has 1 spiro atoms. The maximum absolute atomic E-state index is 13.2. The molecule has 7 nitrogen and oxygen atoms in total. The molecule has 2 saturated heterocycles. The van der Waals surface area contributed by atoms with Crippen molar-refractivity contribution in [2.75, 3.05) is 13.1 Å². The number of amides is 2. The van der Waals surface area contributed by atoms with Gasteiger partial charge in [-0.15, -0.1) is 0 Å². The maximum Gasteiger partial charge on any atom is 0.271 e. The fraction of sp³-hybridized carbons (Fsp3) is 0.500. The summed E-state index contributed by atoms with van der Waals surface area (Å²) in [6.07, 6.45) is 2.76. The monoisotopic (exact) mass is 397 g/mol. The van der Waals surface area contributed by atoms with Crippen molar-refractivity contribution in [2.24, 2.45) is 5.92 Å². The quantitative estimate of drug-likeness (QED) is 0.778. The highest BCUT2D eigenvalue weighted by molar-refractivity contribution is 6.10. The first-order valence-corrected chi connectivity index (χ1v) is 10.2. The van der Waals surface area contributed by atoms with E-state index in [-0.39, 0.29) is 29.6 Å². The van der Waals surface area contributed by atoms with Gasteiger partial charge in [-0.25, -0.2) is 0 Å². The lowest BCUT2D eigenvalue weighted by molar-refractivity contribution is -0.147. The van der Waals surface area contributed by atoms with Crippen LogP contribution in [0, 0.1) is 5.92 Å². The van der Waals surface area contributed by atoms with Crippen molar-refractivity contribution in [2.45, 2.75) is 51.0 Å². The number of hydrogen-bond acceptors (Lipinski definition) is 5. The zero-order valence-electron chi connectivity index (χ0n) is 16.8. The van der Waals surface area contributed by atoms with E-state index in [0.717, 1.165) is 5.56 Å². The lowest BCUT2D eigenvalue weighted by Crippen LogP contribution is -2.60. The Bertz CT molecular complexity index is 828. The second-order valence-electron chi connectivity index (χ2n) is 8.35. The highest BCUT2D eigenvalue weighted by Crippen LogP contribution is 2.35. The maximum atomic E-state index is 13.2. The predicted molar refractivity (Wildman–Crippen MR) is 106 cm³/mol. The number of ketones is 1. The molecule has 0 saturated carbocycles. The minimum Gasteiger partial charge on any atom is -0.480 e. The summed E-state index contributed by atoms with van der Waals surface area (Å²) in [6.45, 7) is 5.58. The molecule has 3 heterocycles. The zero-order valence-corrected chi connectivity index (χ0v) is 16.8. The number of carbonyl (C=O) groups excluding carboxylic acids is 3. The third-order valence-corrected chi connectivity index (χ3v) is 6.16. The third-order valence-electron chi connectivity index (χ3n) is 6.16. The van der Waals surface area contributed by atoms with Gasteiger partial charge in [0.15, 0.2) is 0 Å². The van der Waals surface area contributed by atoms with Gasteiger partial charge in [0.1, 0.15) is 0 Å². The van der Waals surface area contributed by atoms with E-state index in [2.05, 4.69) is 5.32 Å². The fourth-order valence-corrected chi connectivity index (χ4v) is 4.45. The Morgan fingerprint density at radius 1 is 1.21 bits per heavy atom. The first-order valence-electron chi connectivity index (χ1n) is 10.2. The molecule has 2 atom stereocenters. The summed E-state index contributed by atoms with van der Waals surface area (Å²) >= 11 is 0. The number of benzene rings is 1. The van der Waals surface area contributed by atoms with Crippen LogP contribution >= 0.6 is 0 Å². The normalized spacial score (nSPS) is 25.9. The van der Waals surface area contributed by atoms with Crippen LogP contribution in [-0.2, 0) is 25.7 Å². The minimum atomic E-state index is -1.05. The average molecular weight is 397 g/mol. The van der Waals surface area contributed by atoms with E-state index >= 15 is 0 Å². The van der Waals surface area contributed by atoms with E-state index in [9.17, 15) is 14.4 Å². The molecule has 0 aliphatic carbocycles. The first-order chi connectivity index (χ1) is 13.9. The SMILES string of the molecule is CC(C)C1NC2(CCN(C(=O)C3OC=CC3=O)CC2)N(Cc2ccccc2)C1=O. The number of carbonyl (C=O) groups is 3. The summed E-state index contributed by atoms with van der Waals surface area (Å²) in [4.78, 5) is 41.3. The largest absolute Gasteiger partial charge is 0.480 e. The van der Waals surface area contributed by atoms with E-state index < -0.39 is 11.8 Å². The Kier molecular flexibility index (Phi) is 5.17. The smallest absolute Gasteiger partial charge is 0.271 e. The van der Waals surface area contributed by atoms with Gasteiger partial charge in [-0.1, -0.05) is 44.2 Å². The fourth-order valence-electron chi connectivity index (χ4n) is 4.45. The van der Waals surface area contributed by atoms with E-state index in [4.69, 9.17) is 4.74 Å². The van der Waals surface area contributed by atoms with Crippen LogP contribution in [0.25, 0.3) is 0 Å². The Hall–Kier alpha value is -2.67. The molecule has 2 amide bonds. The zero-order chi connectivity index (χ0) is 20.6. The van der Waals surface area contributed by atoms with Gasteiger partial charge in [0.2, 0.25) is 17.8 Å². The predicted octanol–water partition coefficient (Wildman–Crippen LogP) is 1.44. The summed E-state index contributed by atoms with van der Waals surface area (Å²) in [6, 6.07) is 9.74. The lowest BCUT2D eigenvalue weighted by Gasteiger charge is -2.45. The van der Waals surface area contributed by atoms with E-state index in [0.29, 0.717) is 32.5 Å². The average Bonchev–Trinajstić information content (AvgIpc) is 3.26. The Morgan fingerprint density at radius 3 is 2.48 bits per heavy atom. The molecule has 2 fully saturated rings. The topological polar surface area (TPSA) is 79.0 Å². The van der Waals surface area contributed by atoms with Gasteiger partial charge in [-0.05, 0) is 11.5 Å². The van der Waals surface area contributed by atoms with Crippen molar-refractivity contribution in [1.82, 2.24) is 15.1 Å².